The van der Waals surface area contributed by atoms with Crippen LogP contribution in [-0.4, -0.2) is 72.3 Å². The molecular formula is C19H26FN3O2. The number of amides is 2. The van der Waals surface area contributed by atoms with Gasteiger partial charge in [0.05, 0.1) is 0 Å². The number of nitrogens with zero attached hydrogens (tertiary/aromatic N) is 3. The second-order valence-electron chi connectivity index (χ2n) is 6.84. The zero-order chi connectivity index (χ0) is 17.6. The van der Waals surface area contributed by atoms with E-state index in [1.165, 1.54) is 18.6 Å². The molecule has 5 nitrogen and oxygen atoms in total. The molecule has 0 saturated carbocycles. The van der Waals surface area contributed by atoms with Crippen LogP contribution >= 0.6 is 0 Å². The van der Waals surface area contributed by atoms with Gasteiger partial charge in [-0.05, 0) is 37.5 Å². The number of likely N-dealkylation sites (tertiary alicyclic amines) is 1. The Morgan fingerprint density at radius 1 is 0.920 bits per heavy atom. The largest absolute Gasteiger partial charge is 0.343 e. The summed E-state index contributed by atoms with van der Waals surface area (Å²) in [5, 5.41) is 0. The molecule has 2 fully saturated rings. The summed E-state index contributed by atoms with van der Waals surface area (Å²) in [5.74, 6) is -0.262. The first-order chi connectivity index (χ1) is 12.1. The van der Waals surface area contributed by atoms with Gasteiger partial charge in [-0.25, -0.2) is 4.39 Å². The second kappa shape index (κ2) is 8.43. The first-order valence-electron chi connectivity index (χ1n) is 9.18. The lowest BCUT2D eigenvalue weighted by atomic mass is 10.1. The molecule has 0 radical (unpaired) electrons. The number of piperidine rings is 1. The Hall–Kier alpha value is -1.95. The van der Waals surface area contributed by atoms with Crippen molar-refractivity contribution in [3.8, 4) is 0 Å². The zero-order valence-electron chi connectivity index (χ0n) is 14.6. The van der Waals surface area contributed by atoms with Crippen LogP contribution in [0.3, 0.4) is 0 Å². The number of hydrogen-bond acceptors (Lipinski definition) is 3. The minimum Gasteiger partial charge on any atom is -0.343 e. The normalized spacial score (nSPS) is 19.1. The molecule has 0 atom stereocenters. The lowest BCUT2D eigenvalue weighted by molar-refractivity contribution is -0.132. The smallest absolute Gasteiger partial charge is 0.254 e. The lowest BCUT2D eigenvalue weighted by Gasteiger charge is -2.35. The summed E-state index contributed by atoms with van der Waals surface area (Å²) < 4.78 is 13.3. The topological polar surface area (TPSA) is 43.9 Å². The average molecular weight is 347 g/mol. The number of hydrogen-bond donors (Lipinski definition) is 0. The third kappa shape index (κ3) is 4.78. The van der Waals surface area contributed by atoms with E-state index in [2.05, 4.69) is 4.90 Å². The number of carbonyl (C=O) groups is 2. The summed E-state index contributed by atoms with van der Waals surface area (Å²) in [6.45, 7) is 5.30. The van der Waals surface area contributed by atoms with Crippen molar-refractivity contribution >= 4 is 11.8 Å². The SMILES string of the molecule is O=C(CCN1CCN(C(=O)c2cccc(F)c2)CC1)N1CCCCC1. The average Bonchev–Trinajstić information content (AvgIpc) is 2.66. The molecule has 2 saturated heterocycles. The van der Waals surface area contributed by atoms with Gasteiger partial charge in [0, 0.05) is 57.8 Å². The molecule has 6 heteroatoms. The van der Waals surface area contributed by atoms with Crippen LogP contribution in [0.2, 0.25) is 0 Å². The van der Waals surface area contributed by atoms with E-state index in [9.17, 15) is 14.0 Å². The van der Waals surface area contributed by atoms with E-state index in [1.54, 1.807) is 17.0 Å². The minimum atomic E-state index is -0.388. The van der Waals surface area contributed by atoms with E-state index < -0.39 is 0 Å². The van der Waals surface area contributed by atoms with E-state index >= 15 is 0 Å². The molecule has 0 aromatic heterocycles. The maximum atomic E-state index is 13.3. The molecule has 2 heterocycles. The molecule has 136 valence electrons. The zero-order valence-corrected chi connectivity index (χ0v) is 14.6. The number of rotatable bonds is 4. The fourth-order valence-electron chi connectivity index (χ4n) is 3.53. The first-order valence-corrected chi connectivity index (χ1v) is 9.18. The summed E-state index contributed by atoms with van der Waals surface area (Å²) in [6.07, 6.45) is 4.02. The molecule has 25 heavy (non-hydrogen) atoms. The van der Waals surface area contributed by atoms with E-state index in [1.807, 2.05) is 4.90 Å². The molecule has 0 N–H and O–H groups in total. The quantitative estimate of drug-likeness (QED) is 0.837. The van der Waals surface area contributed by atoms with Gasteiger partial charge in [-0.15, -0.1) is 0 Å². The van der Waals surface area contributed by atoms with Crippen LogP contribution in [0.1, 0.15) is 36.0 Å². The minimum absolute atomic E-state index is 0.122. The summed E-state index contributed by atoms with van der Waals surface area (Å²) in [7, 11) is 0. The molecule has 1 aromatic rings. The van der Waals surface area contributed by atoms with Crippen molar-refractivity contribution in [3.63, 3.8) is 0 Å². The number of benzene rings is 1. The highest BCUT2D eigenvalue weighted by Gasteiger charge is 2.23. The van der Waals surface area contributed by atoms with Crippen LogP contribution in [0, 0.1) is 5.82 Å². The highest BCUT2D eigenvalue weighted by atomic mass is 19.1. The third-order valence-corrected chi connectivity index (χ3v) is 5.08. The van der Waals surface area contributed by atoms with Crippen molar-refractivity contribution < 1.29 is 14.0 Å². The summed E-state index contributed by atoms with van der Waals surface area (Å²) >= 11 is 0. The Morgan fingerprint density at radius 3 is 2.32 bits per heavy atom. The predicted molar refractivity (Wildman–Crippen MR) is 93.8 cm³/mol. The Labute approximate surface area is 148 Å². The second-order valence-corrected chi connectivity index (χ2v) is 6.84. The monoisotopic (exact) mass is 347 g/mol. The van der Waals surface area contributed by atoms with E-state index in [-0.39, 0.29) is 17.6 Å². The van der Waals surface area contributed by atoms with Crippen molar-refractivity contribution in [1.82, 2.24) is 14.7 Å². The first kappa shape index (κ1) is 17.9. The van der Waals surface area contributed by atoms with Gasteiger partial charge in [0.25, 0.3) is 5.91 Å². The predicted octanol–water partition coefficient (Wildman–Crippen LogP) is 1.99. The maximum absolute atomic E-state index is 13.3. The molecule has 1 aromatic carbocycles. The molecule has 2 amide bonds. The van der Waals surface area contributed by atoms with Crippen LogP contribution in [-0.2, 0) is 4.79 Å². The van der Waals surface area contributed by atoms with Gasteiger partial charge in [0.15, 0.2) is 0 Å². The molecule has 0 unspecified atom stereocenters. The van der Waals surface area contributed by atoms with Crippen molar-refractivity contribution in [3.05, 3.63) is 35.6 Å². The van der Waals surface area contributed by atoms with Gasteiger partial charge >= 0.3 is 0 Å². The molecule has 2 aliphatic rings. The number of halogens is 1. The standard InChI is InChI=1S/C19H26FN3O2/c20-17-6-4-5-16(15-17)19(25)23-13-11-21(12-14-23)10-7-18(24)22-8-2-1-3-9-22/h4-6,15H,1-3,7-14H2. The van der Waals surface area contributed by atoms with Crippen LogP contribution in [0.4, 0.5) is 4.39 Å². The molecular weight excluding hydrogens is 321 g/mol. The molecule has 0 bridgehead atoms. The Kier molecular flexibility index (Phi) is 6.02. The fraction of sp³-hybridized carbons (Fsp3) is 0.579. The summed E-state index contributed by atoms with van der Waals surface area (Å²) in [5.41, 5.74) is 0.397. The molecule has 0 spiro atoms. The van der Waals surface area contributed by atoms with Gasteiger partial charge in [-0.2, -0.15) is 0 Å². The Balaban J connectivity index is 1.42. The van der Waals surface area contributed by atoms with Crippen molar-refractivity contribution in [2.75, 3.05) is 45.8 Å². The van der Waals surface area contributed by atoms with Gasteiger partial charge < -0.3 is 9.80 Å². The van der Waals surface area contributed by atoms with Gasteiger partial charge in [-0.1, -0.05) is 6.07 Å². The van der Waals surface area contributed by atoms with Crippen LogP contribution in [0.25, 0.3) is 0 Å². The van der Waals surface area contributed by atoms with Crippen molar-refractivity contribution in [1.29, 1.82) is 0 Å². The third-order valence-electron chi connectivity index (χ3n) is 5.08. The molecule has 2 aliphatic heterocycles. The summed E-state index contributed by atoms with van der Waals surface area (Å²) in [4.78, 5) is 30.6. The van der Waals surface area contributed by atoms with Gasteiger partial charge in [-0.3, -0.25) is 14.5 Å². The van der Waals surface area contributed by atoms with Gasteiger partial charge in [0.2, 0.25) is 5.91 Å². The highest BCUT2D eigenvalue weighted by Crippen LogP contribution is 2.12. The highest BCUT2D eigenvalue weighted by molar-refractivity contribution is 5.94. The van der Waals surface area contributed by atoms with Crippen LogP contribution in [0.5, 0.6) is 0 Å². The Bertz CT molecular complexity index is 608. The van der Waals surface area contributed by atoms with E-state index in [0.717, 1.165) is 45.6 Å². The van der Waals surface area contributed by atoms with Crippen molar-refractivity contribution in [2.24, 2.45) is 0 Å². The van der Waals surface area contributed by atoms with Crippen LogP contribution in [0.15, 0.2) is 24.3 Å². The number of piperazine rings is 1. The number of carbonyl (C=O) groups excluding carboxylic acids is 2. The van der Waals surface area contributed by atoms with Crippen molar-refractivity contribution in [2.45, 2.75) is 25.7 Å². The summed E-state index contributed by atoms with van der Waals surface area (Å²) in [6, 6.07) is 5.83. The molecule has 0 aliphatic carbocycles. The van der Waals surface area contributed by atoms with E-state index in [4.69, 9.17) is 0 Å². The maximum Gasteiger partial charge on any atom is 0.254 e. The molecule has 3 rings (SSSR count). The lowest BCUT2D eigenvalue weighted by Crippen LogP contribution is -2.49. The fourth-order valence-corrected chi connectivity index (χ4v) is 3.53. The van der Waals surface area contributed by atoms with E-state index in [0.29, 0.717) is 25.1 Å². The van der Waals surface area contributed by atoms with Gasteiger partial charge in [0.1, 0.15) is 5.82 Å². The Morgan fingerprint density at radius 2 is 1.64 bits per heavy atom. The van der Waals surface area contributed by atoms with Crippen LogP contribution < -0.4 is 0 Å².